The van der Waals surface area contributed by atoms with E-state index in [4.69, 9.17) is 10.5 Å². The minimum Gasteiger partial charge on any atom is -0.384 e. The van der Waals surface area contributed by atoms with Crippen molar-refractivity contribution in [3.63, 3.8) is 0 Å². The third kappa shape index (κ3) is 3.32. The van der Waals surface area contributed by atoms with Gasteiger partial charge in [-0.25, -0.2) is 9.97 Å². The van der Waals surface area contributed by atoms with E-state index in [9.17, 15) is 0 Å². The van der Waals surface area contributed by atoms with Gasteiger partial charge in [-0.3, -0.25) is 0 Å². The van der Waals surface area contributed by atoms with E-state index in [-0.39, 0.29) is 0 Å². The van der Waals surface area contributed by atoms with E-state index in [1.54, 1.807) is 7.11 Å². The van der Waals surface area contributed by atoms with Gasteiger partial charge in [-0.2, -0.15) is 0 Å². The summed E-state index contributed by atoms with van der Waals surface area (Å²) in [5.41, 5.74) is 5.83. The van der Waals surface area contributed by atoms with Crippen LogP contribution in [0.4, 0.5) is 11.6 Å². The summed E-state index contributed by atoms with van der Waals surface area (Å²) in [6.45, 7) is 4.81. The molecule has 1 aromatic rings. The summed E-state index contributed by atoms with van der Waals surface area (Å²) >= 11 is 0. The first kappa shape index (κ1) is 13.1. The van der Waals surface area contributed by atoms with Crippen molar-refractivity contribution in [3.05, 3.63) is 11.9 Å². The highest BCUT2D eigenvalue weighted by molar-refractivity contribution is 5.47. The maximum atomic E-state index is 5.83. The normalized spacial score (nSPS) is 20.8. The van der Waals surface area contributed by atoms with E-state index in [0.29, 0.717) is 18.2 Å². The molecular formula is C13H22N4O. The molecule has 0 radical (unpaired) electrons. The van der Waals surface area contributed by atoms with E-state index in [1.807, 2.05) is 6.07 Å². The molecule has 0 aromatic carbocycles. The van der Waals surface area contributed by atoms with Crippen molar-refractivity contribution in [2.75, 3.05) is 30.8 Å². The Morgan fingerprint density at radius 1 is 1.39 bits per heavy atom. The maximum Gasteiger partial charge on any atom is 0.158 e. The molecule has 100 valence electrons. The SMILES string of the molecule is COCc1nc(N)cc(N2CCCC(C)CC2)n1. The molecular weight excluding hydrogens is 228 g/mol. The predicted octanol–water partition coefficient (Wildman–Crippen LogP) is 1.83. The van der Waals surface area contributed by atoms with Crippen LogP contribution in [0.2, 0.25) is 0 Å². The monoisotopic (exact) mass is 250 g/mol. The molecule has 1 aromatic heterocycles. The lowest BCUT2D eigenvalue weighted by Crippen LogP contribution is -2.26. The lowest BCUT2D eigenvalue weighted by Gasteiger charge is -2.22. The Morgan fingerprint density at radius 3 is 3.00 bits per heavy atom. The van der Waals surface area contributed by atoms with Crippen molar-refractivity contribution in [2.45, 2.75) is 32.8 Å². The number of nitrogens with zero attached hydrogens (tertiary/aromatic N) is 3. The second-order valence-corrected chi connectivity index (χ2v) is 5.02. The van der Waals surface area contributed by atoms with Crippen molar-refractivity contribution in [2.24, 2.45) is 5.92 Å². The van der Waals surface area contributed by atoms with Gasteiger partial charge in [0, 0.05) is 26.3 Å². The second-order valence-electron chi connectivity index (χ2n) is 5.02. The zero-order valence-electron chi connectivity index (χ0n) is 11.2. The standard InChI is InChI=1S/C13H22N4O/c1-10-4-3-6-17(7-5-10)13-8-11(14)15-12(16-13)9-18-2/h8,10H,3-7,9H2,1-2H3,(H2,14,15,16). The van der Waals surface area contributed by atoms with Crippen LogP contribution in [0, 0.1) is 5.92 Å². The fourth-order valence-corrected chi connectivity index (χ4v) is 2.35. The molecule has 0 saturated carbocycles. The third-order valence-corrected chi connectivity index (χ3v) is 3.39. The minimum absolute atomic E-state index is 0.405. The number of rotatable bonds is 3. The molecule has 1 saturated heterocycles. The first-order chi connectivity index (χ1) is 8.69. The number of ether oxygens (including phenoxy) is 1. The molecule has 0 spiro atoms. The van der Waals surface area contributed by atoms with Crippen LogP contribution in [0.5, 0.6) is 0 Å². The van der Waals surface area contributed by atoms with Gasteiger partial charge in [0.2, 0.25) is 0 Å². The van der Waals surface area contributed by atoms with E-state index in [2.05, 4.69) is 21.8 Å². The largest absolute Gasteiger partial charge is 0.384 e. The number of nitrogens with two attached hydrogens (primary N) is 1. The molecule has 0 aliphatic carbocycles. The topological polar surface area (TPSA) is 64.3 Å². The Bertz CT molecular complexity index is 397. The predicted molar refractivity (Wildman–Crippen MR) is 72.4 cm³/mol. The van der Waals surface area contributed by atoms with Crippen LogP contribution in [0.15, 0.2) is 6.07 Å². The summed E-state index contributed by atoms with van der Waals surface area (Å²) in [4.78, 5) is 11.0. The lowest BCUT2D eigenvalue weighted by molar-refractivity contribution is 0.178. The zero-order valence-corrected chi connectivity index (χ0v) is 11.2. The molecule has 1 fully saturated rings. The van der Waals surface area contributed by atoms with Crippen molar-refractivity contribution >= 4 is 11.6 Å². The van der Waals surface area contributed by atoms with Gasteiger partial charge in [-0.05, 0) is 25.2 Å². The van der Waals surface area contributed by atoms with Gasteiger partial charge < -0.3 is 15.4 Å². The van der Waals surface area contributed by atoms with Crippen molar-refractivity contribution in [1.29, 1.82) is 0 Å². The number of anilines is 2. The van der Waals surface area contributed by atoms with Gasteiger partial charge in [0.25, 0.3) is 0 Å². The fourth-order valence-electron chi connectivity index (χ4n) is 2.35. The van der Waals surface area contributed by atoms with Gasteiger partial charge >= 0.3 is 0 Å². The number of hydrogen-bond acceptors (Lipinski definition) is 5. The van der Waals surface area contributed by atoms with Gasteiger partial charge in [0.1, 0.15) is 18.2 Å². The summed E-state index contributed by atoms with van der Waals surface area (Å²) in [6.07, 6.45) is 3.72. The molecule has 2 rings (SSSR count). The quantitative estimate of drug-likeness (QED) is 0.886. The first-order valence-electron chi connectivity index (χ1n) is 6.56. The molecule has 1 aliphatic heterocycles. The minimum atomic E-state index is 0.405. The van der Waals surface area contributed by atoms with E-state index < -0.39 is 0 Å². The Kier molecular flexibility index (Phi) is 4.36. The molecule has 18 heavy (non-hydrogen) atoms. The molecule has 2 N–H and O–H groups in total. The second kappa shape index (κ2) is 6.00. The Hall–Kier alpha value is -1.36. The highest BCUT2D eigenvalue weighted by Crippen LogP contribution is 2.22. The van der Waals surface area contributed by atoms with Crippen LogP contribution in [-0.4, -0.2) is 30.2 Å². The lowest BCUT2D eigenvalue weighted by atomic mass is 10.0. The number of aromatic nitrogens is 2. The zero-order chi connectivity index (χ0) is 13.0. The van der Waals surface area contributed by atoms with Gasteiger partial charge in [0.05, 0.1) is 0 Å². The smallest absolute Gasteiger partial charge is 0.158 e. The van der Waals surface area contributed by atoms with E-state index in [0.717, 1.165) is 24.8 Å². The maximum absolute atomic E-state index is 5.83. The molecule has 0 bridgehead atoms. The molecule has 5 nitrogen and oxygen atoms in total. The van der Waals surface area contributed by atoms with Gasteiger partial charge in [-0.1, -0.05) is 6.92 Å². The molecule has 1 aliphatic rings. The summed E-state index contributed by atoms with van der Waals surface area (Å²) in [5, 5.41) is 0. The summed E-state index contributed by atoms with van der Waals surface area (Å²) < 4.78 is 5.07. The van der Waals surface area contributed by atoms with Crippen molar-refractivity contribution in [1.82, 2.24) is 9.97 Å². The molecule has 5 heteroatoms. The number of hydrogen-bond donors (Lipinski definition) is 1. The van der Waals surface area contributed by atoms with Gasteiger partial charge in [0.15, 0.2) is 5.82 Å². The van der Waals surface area contributed by atoms with Crippen LogP contribution >= 0.6 is 0 Å². The average molecular weight is 250 g/mol. The van der Waals surface area contributed by atoms with Crippen LogP contribution in [0.3, 0.4) is 0 Å². The average Bonchev–Trinajstić information content (AvgIpc) is 2.54. The molecule has 1 unspecified atom stereocenters. The third-order valence-electron chi connectivity index (χ3n) is 3.39. The van der Waals surface area contributed by atoms with E-state index in [1.165, 1.54) is 19.3 Å². The highest BCUT2D eigenvalue weighted by Gasteiger charge is 2.16. The summed E-state index contributed by atoms with van der Waals surface area (Å²) in [6, 6.07) is 1.86. The van der Waals surface area contributed by atoms with Crippen LogP contribution < -0.4 is 10.6 Å². The highest BCUT2D eigenvalue weighted by atomic mass is 16.5. The Morgan fingerprint density at radius 2 is 2.22 bits per heavy atom. The van der Waals surface area contributed by atoms with Crippen LogP contribution in [0.1, 0.15) is 32.0 Å². The Labute approximate surface area is 108 Å². The van der Waals surface area contributed by atoms with Crippen molar-refractivity contribution < 1.29 is 4.74 Å². The van der Waals surface area contributed by atoms with Crippen molar-refractivity contribution in [3.8, 4) is 0 Å². The summed E-state index contributed by atoms with van der Waals surface area (Å²) in [5.74, 6) is 2.91. The van der Waals surface area contributed by atoms with E-state index >= 15 is 0 Å². The molecule has 1 atom stereocenters. The molecule has 2 heterocycles. The number of nitrogen functional groups attached to an aromatic ring is 1. The molecule has 0 amide bonds. The van der Waals surface area contributed by atoms with Crippen LogP contribution in [-0.2, 0) is 11.3 Å². The number of methoxy groups -OCH3 is 1. The summed E-state index contributed by atoms with van der Waals surface area (Å²) in [7, 11) is 1.64. The van der Waals surface area contributed by atoms with Crippen LogP contribution in [0.25, 0.3) is 0 Å². The van der Waals surface area contributed by atoms with Gasteiger partial charge in [-0.15, -0.1) is 0 Å². The Balaban J connectivity index is 2.15. The first-order valence-corrected chi connectivity index (χ1v) is 6.56. The fraction of sp³-hybridized carbons (Fsp3) is 0.692.